The van der Waals surface area contributed by atoms with E-state index < -0.39 is 0 Å². The molecule has 2 aliphatic rings. The first-order chi connectivity index (χ1) is 15.5. The highest BCUT2D eigenvalue weighted by atomic mass is 35.5. The minimum absolute atomic E-state index is 0.0365. The molecule has 4 rings (SSSR count). The minimum atomic E-state index is -0.106. The van der Waals surface area contributed by atoms with Crippen molar-refractivity contribution in [2.45, 2.75) is 45.4 Å². The van der Waals surface area contributed by atoms with Gasteiger partial charge in [0, 0.05) is 50.3 Å². The van der Waals surface area contributed by atoms with Crippen LogP contribution in [0.4, 0.5) is 0 Å². The molecule has 0 aliphatic carbocycles. The second-order valence-corrected chi connectivity index (χ2v) is 10.7. The zero-order chi connectivity index (χ0) is 24.0. The molecular formula is C24H32ClN5O3. The van der Waals surface area contributed by atoms with Crippen molar-refractivity contribution in [1.82, 2.24) is 24.6 Å². The molecule has 0 saturated carbocycles. The molecule has 1 spiro atoms. The van der Waals surface area contributed by atoms with Crippen LogP contribution in [0.15, 0.2) is 18.2 Å². The first kappa shape index (κ1) is 23.5. The van der Waals surface area contributed by atoms with Crippen molar-refractivity contribution < 1.29 is 14.3 Å². The van der Waals surface area contributed by atoms with Crippen LogP contribution in [0.1, 0.15) is 66.6 Å². The molecule has 0 atom stereocenters. The van der Waals surface area contributed by atoms with Crippen LogP contribution >= 0.6 is 11.6 Å². The van der Waals surface area contributed by atoms with Crippen LogP contribution in [0.3, 0.4) is 0 Å². The molecule has 0 aromatic carbocycles. The van der Waals surface area contributed by atoms with Crippen LogP contribution in [0.5, 0.6) is 5.88 Å². The van der Waals surface area contributed by atoms with Gasteiger partial charge in [-0.25, -0.2) is 4.98 Å². The highest BCUT2D eigenvalue weighted by Crippen LogP contribution is 2.41. The molecule has 2 fully saturated rings. The number of carbonyl (C=O) groups excluding carboxylic acids is 2. The fourth-order valence-corrected chi connectivity index (χ4v) is 4.98. The predicted octanol–water partition coefficient (Wildman–Crippen LogP) is 3.54. The number of aryl methyl sites for hydroxylation is 1. The van der Waals surface area contributed by atoms with Crippen LogP contribution in [0.25, 0.3) is 0 Å². The average molecular weight is 474 g/mol. The monoisotopic (exact) mass is 473 g/mol. The molecule has 4 heterocycles. The summed E-state index contributed by atoms with van der Waals surface area (Å²) in [5, 5.41) is 4.79. The van der Waals surface area contributed by atoms with E-state index in [0.717, 1.165) is 38.0 Å². The van der Waals surface area contributed by atoms with E-state index in [9.17, 15) is 9.59 Å². The summed E-state index contributed by atoms with van der Waals surface area (Å²) in [5.74, 6) is 0.298. The maximum Gasteiger partial charge on any atom is 0.272 e. The van der Waals surface area contributed by atoms with Gasteiger partial charge >= 0.3 is 0 Å². The molecule has 0 unspecified atom stereocenters. The van der Waals surface area contributed by atoms with Gasteiger partial charge in [-0.15, -0.1) is 0 Å². The molecule has 2 saturated heterocycles. The largest absolute Gasteiger partial charge is 0.481 e. The second-order valence-electron chi connectivity index (χ2n) is 10.3. The van der Waals surface area contributed by atoms with Crippen LogP contribution in [0, 0.1) is 5.41 Å². The number of nitrogens with zero attached hydrogens (tertiary/aromatic N) is 5. The maximum absolute atomic E-state index is 13.3. The van der Waals surface area contributed by atoms with Crippen molar-refractivity contribution in [2.24, 2.45) is 12.5 Å². The van der Waals surface area contributed by atoms with E-state index in [-0.39, 0.29) is 27.8 Å². The molecule has 2 amide bonds. The summed E-state index contributed by atoms with van der Waals surface area (Å²) in [6.45, 7) is 9.06. The van der Waals surface area contributed by atoms with Gasteiger partial charge in [-0.1, -0.05) is 32.4 Å². The third kappa shape index (κ3) is 4.71. The lowest BCUT2D eigenvalue weighted by atomic mass is 9.77. The molecule has 9 heteroatoms. The van der Waals surface area contributed by atoms with Crippen molar-refractivity contribution >= 4 is 23.4 Å². The summed E-state index contributed by atoms with van der Waals surface area (Å²) in [6.07, 6.45) is 2.70. The normalized spacial score (nSPS) is 18.1. The van der Waals surface area contributed by atoms with E-state index in [4.69, 9.17) is 16.3 Å². The van der Waals surface area contributed by atoms with Gasteiger partial charge in [-0.05, 0) is 36.8 Å². The minimum Gasteiger partial charge on any atom is -0.481 e. The van der Waals surface area contributed by atoms with Gasteiger partial charge in [-0.2, -0.15) is 5.10 Å². The van der Waals surface area contributed by atoms with Crippen LogP contribution in [-0.4, -0.2) is 69.7 Å². The number of hydrogen-bond donors (Lipinski definition) is 0. The van der Waals surface area contributed by atoms with Crippen molar-refractivity contribution in [1.29, 1.82) is 0 Å². The Morgan fingerprint density at radius 1 is 1.03 bits per heavy atom. The first-order valence-electron chi connectivity index (χ1n) is 11.4. The Kier molecular flexibility index (Phi) is 6.16. The van der Waals surface area contributed by atoms with E-state index in [2.05, 4.69) is 30.9 Å². The SMILES string of the molecule is COc1cc(C(=O)N2CCC3(CC2)CCN(C(=O)c2cc(C(C)(C)C)nn2C)C3)cc(Cl)n1. The van der Waals surface area contributed by atoms with Gasteiger partial charge in [0.1, 0.15) is 10.8 Å². The van der Waals surface area contributed by atoms with Crippen LogP contribution in [0.2, 0.25) is 5.15 Å². The summed E-state index contributed by atoms with van der Waals surface area (Å²) in [7, 11) is 3.33. The van der Waals surface area contributed by atoms with Gasteiger partial charge in [0.15, 0.2) is 0 Å². The van der Waals surface area contributed by atoms with E-state index in [0.29, 0.717) is 30.2 Å². The van der Waals surface area contributed by atoms with Gasteiger partial charge in [0.2, 0.25) is 5.88 Å². The quantitative estimate of drug-likeness (QED) is 0.637. The second kappa shape index (κ2) is 8.63. The Labute approximate surface area is 199 Å². The van der Waals surface area contributed by atoms with Gasteiger partial charge in [0.25, 0.3) is 11.8 Å². The third-order valence-electron chi connectivity index (χ3n) is 6.93. The lowest BCUT2D eigenvalue weighted by molar-refractivity contribution is 0.0563. The molecule has 33 heavy (non-hydrogen) atoms. The number of aromatic nitrogens is 3. The Morgan fingerprint density at radius 3 is 2.24 bits per heavy atom. The fourth-order valence-electron chi connectivity index (χ4n) is 4.78. The van der Waals surface area contributed by atoms with E-state index in [1.807, 2.05) is 22.9 Å². The van der Waals surface area contributed by atoms with Crippen molar-refractivity contribution in [3.8, 4) is 5.88 Å². The summed E-state index contributed by atoms with van der Waals surface area (Å²) in [5.41, 5.74) is 1.99. The predicted molar refractivity (Wildman–Crippen MR) is 126 cm³/mol. The first-order valence-corrected chi connectivity index (χ1v) is 11.7. The summed E-state index contributed by atoms with van der Waals surface area (Å²) in [4.78, 5) is 34.1. The van der Waals surface area contributed by atoms with E-state index >= 15 is 0 Å². The van der Waals surface area contributed by atoms with Crippen molar-refractivity contribution in [3.63, 3.8) is 0 Å². The number of rotatable bonds is 3. The smallest absolute Gasteiger partial charge is 0.272 e. The number of halogens is 1. The van der Waals surface area contributed by atoms with Crippen LogP contribution in [-0.2, 0) is 12.5 Å². The highest BCUT2D eigenvalue weighted by molar-refractivity contribution is 6.29. The molecular weight excluding hydrogens is 442 g/mol. The lowest BCUT2D eigenvalue weighted by Crippen LogP contribution is -2.44. The van der Waals surface area contributed by atoms with Crippen molar-refractivity contribution in [2.75, 3.05) is 33.3 Å². The zero-order valence-corrected chi connectivity index (χ0v) is 20.8. The number of carbonyl (C=O) groups is 2. The summed E-state index contributed by atoms with van der Waals surface area (Å²) < 4.78 is 6.84. The molecule has 0 bridgehead atoms. The number of likely N-dealkylation sites (tertiary alicyclic amines) is 2. The fraction of sp³-hybridized carbons (Fsp3) is 0.583. The molecule has 178 valence electrons. The number of methoxy groups -OCH3 is 1. The summed E-state index contributed by atoms with van der Waals surface area (Å²) >= 11 is 6.04. The Hall–Kier alpha value is -2.61. The molecule has 2 aliphatic heterocycles. The topological polar surface area (TPSA) is 80.6 Å². The average Bonchev–Trinajstić information content (AvgIpc) is 3.37. The van der Waals surface area contributed by atoms with E-state index in [1.165, 1.54) is 7.11 Å². The van der Waals surface area contributed by atoms with Crippen molar-refractivity contribution in [3.05, 3.63) is 40.3 Å². The molecule has 8 nitrogen and oxygen atoms in total. The van der Waals surface area contributed by atoms with Crippen LogP contribution < -0.4 is 4.74 Å². The number of pyridine rings is 1. The summed E-state index contributed by atoms with van der Waals surface area (Å²) in [6, 6.07) is 5.11. The number of hydrogen-bond acceptors (Lipinski definition) is 5. The van der Waals surface area contributed by atoms with E-state index in [1.54, 1.807) is 16.8 Å². The molecule has 2 aromatic rings. The standard InChI is InChI=1S/C24H32ClN5O3/c1-23(2,3)18-14-17(28(4)27-18)22(32)30-11-8-24(15-30)6-9-29(10-7-24)21(31)16-12-19(25)26-20(13-16)33-5/h12-14H,6-11,15H2,1-5H3. The number of amides is 2. The molecule has 0 radical (unpaired) electrons. The lowest BCUT2D eigenvalue weighted by Gasteiger charge is -2.39. The Morgan fingerprint density at radius 2 is 1.67 bits per heavy atom. The third-order valence-corrected chi connectivity index (χ3v) is 7.12. The maximum atomic E-state index is 13.3. The van der Waals surface area contributed by atoms with Gasteiger partial charge in [-0.3, -0.25) is 14.3 Å². The van der Waals surface area contributed by atoms with Gasteiger partial charge < -0.3 is 14.5 Å². The highest BCUT2D eigenvalue weighted by Gasteiger charge is 2.43. The number of ether oxygens (including phenoxy) is 1. The Balaban J connectivity index is 1.40. The van der Waals surface area contributed by atoms with Gasteiger partial charge in [0.05, 0.1) is 12.8 Å². The zero-order valence-electron chi connectivity index (χ0n) is 20.0. The molecule has 0 N–H and O–H groups in total. The number of piperidine rings is 1. The molecule has 2 aromatic heterocycles. The Bertz CT molecular complexity index is 1070.